The highest BCUT2D eigenvalue weighted by Crippen LogP contribution is 2.44. The first-order valence-electron chi connectivity index (χ1n) is 8.75. The number of phenols is 1. The summed E-state index contributed by atoms with van der Waals surface area (Å²) in [7, 11) is 0. The molecule has 0 aliphatic carbocycles. The van der Waals surface area contributed by atoms with Crippen LogP contribution in [-0.4, -0.2) is 39.4 Å². The smallest absolute Gasteiger partial charge is 0.339 e. The second kappa shape index (κ2) is 7.30. The average Bonchev–Trinajstić information content (AvgIpc) is 3.16. The molecule has 0 fully saturated rings. The number of hydrogen-bond acceptors (Lipinski definition) is 6. The molecule has 2 heterocycles. The molecule has 0 aliphatic heterocycles. The molecule has 0 saturated carbocycles. The highest BCUT2D eigenvalue weighted by atomic mass is 16.4. The van der Waals surface area contributed by atoms with Gasteiger partial charge in [-0.1, -0.05) is 24.3 Å². The minimum atomic E-state index is -1.15. The second-order valence-corrected chi connectivity index (χ2v) is 6.36. The Morgan fingerprint density at radius 1 is 1.14 bits per heavy atom. The van der Waals surface area contributed by atoms with Crippen LogP contribution in [0.4, 0.5) is 0 Å². The zero-order chi connectivity index (χ0) is 19.7. The molecule has 4 rings (SSSR count). The number of benzene rings is 2. The Bertz CT molecular complexity index is 1150. The second-order valence-electron chi connectivity index (χ2n) is 6.36. The van der Waals surface area contributed by atoms with Crippen molar-refractivity contribution < 1.29 is 24.5 Å². The van der Waals surface area contributed by atoms with E-state index in [0.717, 1.165) is 5.56 Å². The zero-order valence-electron chi connectivity index (χ0n) is 14.8. The van der Waals surface area contributed by atoms with Crippen LogP contribution in [0.25, 0.3) is 21.7 Å². The number of nitrogens with zero attached hydrogens (tertiary/aromatic N) is 1. The van der Waals surface area contributed by atoms with Crippen LogP contribution in [-0.2, 0) is 0 Å². The third kappa shape index (κ3) is 2.87. The molecule has 0 spiro atoms. The summed E-state index contributed by atoms with van der Waals surface area (Å²) in [5, 5.41) is 34.8. The standard InChI is InChI=1S/C21H18N2O5/c24-10-9-23-18(12-5-7-22-8-6-12)17-16-15(21(26)27)11-28-20(16)14-4-2-1-3-13(14)19(17)25/h1-8,11,18,23-25H,9-10H2,(H,26,27). The molecule has 0 saturated heterocycles. The molecule has 0 radical (unpaired) electrons. The fourth-order valence-corrected chi connectivity index (χ4v) is 3.56. The Morgan fingerprint density at radius 3 is 2.54 bits per heavy atom. The molecule has 142 valence electrons. The van der Waals surface area contributed by atoms with Gasteiger partial charge in [-0.2, -0.15) is 0 Å². The van der Waals surface area contributed by atoms with Crippen molar-refractivity contribution in [3.63, 3.8) is 0 Å². The third-order valence-electron chi connectivity index (χ3n) is 4.76. The van der Waals surface area contributed by atoms with Crippen molar-refractivity contribution in [2.24, 2.45) is 0 Å². The lowest BCUT2D eigenvalue weighted by Crippen LogP contribution is -2.26. The van der Waals surface area contributed by atoms with Crippen molar-refractivity contribution in [2.45, 2.75) is 6.04 Å². The van der Waals surface area contributed by atoms with Gasteiger partial charge in [0.15, 0.2) is 0 Å². The summed E-state index contributed by atoms with van der Waals surface area (Å²) in [6, 6.07) is 10.1. The van der Waals surface area contributed by atoms with E-state index in [1.54, 1.807) is 48.8 Å². The number of nitrogens with one attached hydrogen (secondary N) is 1. The van der Waals surface area contributed by atoms with E-state index in [-0.39, 0.29) is 24.5 Å². The molecule has 1 unspecified atom stereocenters. The lowest BCUT2D eigenvalue weighted by atomic mass is 9.90. The van der Waals surface area contributed by atoms with E-state index < -0.39 is 12.0 Å². The molecule has 1 atom stereocenters. The molecular weight excluding hydrogens is 360 g/mol. The molecule has 7 nitrogen and oxygen atoms in total. The maximum atomic E-state index is 11.8. The summed E-state index contributed by atoms with van der Waals surface area (Å²) in [6.45, 7) is 0.136. The van der Waals surface area contributed by atoms with E-state index >= 15 is 0 Å². The fourth-order valence-electron chi connectivity index (χ4n) is 3.56. The number of furan rings is 1. The van der Waals surface area contributed by atoms with Crippen LogP contribution in [0.3, 0.4) is 0 Å². The number of aliphatic hydroxyl groups is 1. The highest BCUT2D eigenvalue weighted by molar-refractivity contribution is 6.15. The number of pyridine rings is 1. The number of carboxylic acid groups (broad SMARTS) is 1. The Labute approximate surface area is 159 Å². The Balaban J connectivity index is 2.11. The number of aromatic hydroxyl groups is 1. The van der Waals surface area contributed by atoms with E-state index in [0.29, 0.717) is 27.3 Å². The maximum absolute atomic E-state index is 11.8. The number of rotatable bonds is 6. The molecular formula is C21H18N2O5. The maximum Gasteiger partial charge on any atom is 0.339 e. The molecule has 2 aromatic heterocycles. The van der Waals surface area contributed by atoms with E-state index in [2.05, 4.69) is 10.3 Å². The van der Waals surface area contributed by atoms with Gasteiger partial charge in [0, 0.05) is 40.7 Å². The molecule has 4 N–H and O–H groups in total. The van der Waals surface area contributed by atoms with Crippen LogP contribution in [0.2, 0.25) is 0 Å². The molecule has 4 aromatic rings. The Morgan fingerprint density at radius 2 is 1.86 bits per heavy atom. The molecule has 2 aromatic carbocycles. The molecule has 0 amide bonds. The monoisotopic (exact) mass is 378 g/mol. The number of phenolic OH excluding ortho intramolecular Hbond substituents is 1. The van der Waals surface area contributed by atoms with Gasteiger partial charge in [0.1, 0.15) is 23.2 Å². The van der Waals surface area contributed by atoms with Gasteiger partial charge in [0.2, 0.25) is 0 Å². The number of carboxylic acids is 1. The number of fused-ring (bicyclic) bond motifs is 3. The predicted octanol–water partition coefficient (Wildman–Crippen LogP) is 3.06. The van der Waals surface area contributed by atoms with E-state index in [1.165, 1.54) is 6.26 Å². The fraction of sp³-hybridized carbons (Fsp3) is 0.143. The van der Waals surface area contributed by atoms with Crippen LogP contribution in [0.15, 0.2) is 59.5 Å². The SMILES string of the molecule is O=C(O)c1coc2c1c(C(NCCO)c1ccncc1)c(O)c1ccccc12. The van der Waals surface area contributed by atoms with Crippen molar-refractivity contribution >= 4 is 27.7 Å². The van der Waals surface area contributed by atoms with Gasteiger partial charge in [-0.25, -0.2) is 4.79 Å². The number of hydrogen-bond donors (Lipinski definition) is 4. The van der Waals surface area contributed by atoms with Gasteiger partial charge in [-0.15, -0.1) is 0 Å². The van der Waals surface area contributed by atoms with Gasteiger partial charge in [-0.3, -0.25) is 4.98 Å². The van der Waals surface area contributed by atoms with Crippen molar-refractivity contribution in [3.8, 4) is 5.75 Å². The van der Waals surface area contributed by atoms with Crippen LogP contribution < -0.4 is 5.32 Å². The minimum Gasteiger partial charge on any atom is -0.507 e. The minimum absolute atomic E-state index is 0.0285. The zero-order valence-corrected chi connectivity index (χ0v) is 14.8. The van der Waals surface area contributed by atoms with Crippen molar-refractivity contribution in [3.05, 3.63) is 71.7 Å². The summed E-state index contributed by atoms with van der Waals surface area (Å²) in [5.41, 5.74) is 1.52. The quantitative estimate of drug-likeness (QED) is 0.407. The number of carbonyl (C=O) groups is 1. The van der Waals surface area contributed by atoms with E-state index in [4.69, 9.17) is 4.42 Å². The summed E-state index contributed by atoms with van der Waals surface area (Å²) < 4.78 is 5.63. The van der Waals surface area contributed by atoms with Crippen molar-refractivity contribution in [1.29, 1.82) is 0 Å². The van der Waals surface area contributed by atoms with Gasteiger partial charge in [0.05, 0.1) is 12.6 Å². The Kier molecular flexibility index (Phi) is 4.68. The number of aromatic carboxylic acids is 1. The van der Waals surface area contributed by atoms with E-state index in [9.17, 15) is 20.1 Å². The van der Waals surface area contributed by atoms with Crippen LogP contribution in [0, 0.1) is 0 Å². The van der Waals surface area contributed by atoms with Crippen LogP contribution >= 0.6 is 0 Å². The van der Waals surface area contributed by atoms with Crippen LogP contribution in [0.5, 0.6) is 5.75 Å². The average molecular weight is 378 g/mol. The van der Waals surface area contributed by atoms with Gasteiger partial charge in [-0.05, 0) is 17.7 Å². The van der Waals surface area contributed by atoms with Crippen molar-refractivity contribution in [2.75, 3.05) is 13.2 Å². The largest absolute Gasteiger partial charge is 0.507 e. The van der Waals surface area contributed by atoms with E-state index in [1.807, 2.05) is 0 Å². The lowest BCUT2D eigenvalue weighted by Gasteiger charge is -2.22. The summed E-state index contributed by atoms with van der Waals surface area (Å²) in [5.74, 6) is -1.18. The number of aromatic nitrogens is 1. The predicted molar refractivity (Wildman–Crippen MR) is 104 cm³/mol. The Hall–Kier alpha value is -3.42. The third-order valence-corrected chi connectivity index (χ3v) is 4.76. The van der Waals surface area contributed by atoms with Gasteiger partial charge in [0.25, 0.3) is 0 Å². The summed E-state index contributed by atoms with van der Waals surface area (Å²) in [4.78, 5) is 15.9. The lowest BCUT2D eigenvalue weighted by molar-refractivity contribution is 0.0698. The van der Waals surface area contributed by atoms with Gasteiger partial charge < -0.3 is 25.1 Å². The number of aliphatic hydroxyl groups excluding tert-OH is 1. The summed E-state index contributed by atoms with van der Waals surface area (Å²) in [6.07, 6.45) is 4.43. The van der Waals surface area contributed by atoms with Crippen LogP contribution in [0.1, 0.15) is 27.5 Å². The molecule has 0 aliphatic rings. The first-order valence-corrected chi connectivity index (χ1v) is 8.75. The molecule has 0 bridgehead atoms. The highest BCUT2D eigenvalue weighted by Gasteiger charge is 2.28. The summed E-state index contributed by atoms with van der Waals surface area (Å²) >= 11 is 0. The molecule has 28 heavy (non-hydrogen) atoms. The first kappa shape index (κ1) is 18.0. The first-order chi connectivity index (χ1) is 13.6. The van der Waals surface area contributed by atoms with Gasteiger partial charge >= 0.3 is 5.97 Å². The normalized spacial score (nSPS) is 12.5. The van der Waals surface area contributed by atoms with Crippen molar-refractivity contribution in [1.82, 2.24) is 10.3 Å². The topological polar surface area (TPSA) is 116 Å². The molecule has 7 heteroatoms.